The van der Waals surface area contributed by atoms with Crippen LogP contribution in [0.5, 0.6) is 0 Å². The molecule has 1 atom stereocenters. The number of rotatable bonds is 7. The first kappa shape index (κ1) is 28.9. The second-order valence-electron chi connectivity index (χ2n) is 9.15. The molecule has 2 aromatic rings. The van der Waals surface area contributed by atoms with Crippen LogP contribution in [0, 0.1) is 0 Å². The topological polar surface area (TPSA) is 148 Å². The summed E-state index contributed by atoms with van der Waals surface area (Å²) in [5.41, 5.74) is 8.08. The van der Waals surface area contributed by atoms with E-state index in [1.54, 1.807) is 31.2 Å². The fourth-order valence-corrected chi connectivity index (χ4v) is 3.89. The first-order valence-electron chi connectivity index (χ1n) is 11.5. The Labute approximate surface area is 215 Å². The molecule has 1 aliphatic heterocycles. The standard InChI is InChI=1S/C14H18N2O3S.C12H15NO3/c1-14(2,3)19-13(18)15-7-9-4-5-11-10(6-9)16-12(17)8-20-11;1-2-11(14)9-5-3-8(4-6-9)7-10(13)12(15)16/h4-6H,7-8H2,1-3H3,(H,15,18)(H,16,17);3-6,10H,2,7,13H2,1H3,(H,15,16)/t;10-/m.0/s1. The number of fused-ring (bicyclic) bond motifs is 1. The summed E-state index contributed by atoms with van der Waals surface area (Å²) in [6, 6.07) is 11.7. The van der Waals surface area contributed by atoms with Crippen molar-refractivity contribution in [1.29, 1.82) is 0 Å². The molecule has 0 fully saturated rings. The van der Waals surface area contributed by atoms with Gasteiger partial charge < -0.3 is 26.2 Å². The molecule has 0 bridgehead atoms. The monoisotopic (exact) mass is 515 g/mol. The molecule has 2 amide bonds. The normalized spacial score (nSPS) is 13.3. The zero-order valence-electron chi connectivity index (χ0n) is 20.9. The van der Waals surface area contributed by atoms with Gasteiger partial charge in [0.2, 0.25) is 5.91 Å². The van der Waals surface area contributed by atoms with Gasteiger partial charge in [-0.1, -0.05) is 37.3 Å². The summed E-state index contributed by atoms with van der Waals surface area (Å²) >= 11 is 1.51. The summed E-state index contributed by atoms with van der Waals surface area (Å²) in [5, 5.41) is 14.2. The lowest BCUT2D eigenvalue weighted by Gasteiger charge is -2.20. The van der Waals surface area contributed by atoms with E-state index < -0.39 is 23.7 Å². The number of hydrogen-bond donors (Lipinski definition) is 4. The second kappa shape index (κ2) is 13.1. The van der Waals surface area contributed by atoms with Crippen LogP contribution in [-0.2, 0) is 27.3 Å². The van der Waals surface area contributed by atoms with Crippen molar-refractivity contribution < 1.29 is 29.0 Å². The van der Waals surface area contributed by atoms with Crippen LogP contribution in [0.4, 0.5) is 10.5 Å². The summed E-state index contributed by atoms with van der Waals surface area (Å²) in [4.78, 5) is 45.8. The molecule has 0 unspecified atom stereocenters. The minimum absolute atomic E-state index is 0.000230. The van der Waals surface area contributed by atoms with Crippen LogP contribution in [0.2, 0.25) is 0 Å². The van der Waals surface area contributed by atoms with E-state index in [4.69, 9.17) is 15.6 Å². The highest BCUT2D eigenvalue weighted by atomic mass is 32.2. The quantitative estimate of drug-likeness (QED) is 0.405. The number of Topliss-reactive ketones (excluding diaryl/α,β-unsaturated/α-hetero) is 1. The highest BCUT2D eigenvalue weighted by Crippen LogP contribution is 2.31. The van der Waals surface area contributed by atoms with Crippen molar-refractivity contribution in [3.05, 3.63) is 59.2 Å². The Morgan fingerprint density at radius 3 is 2.36 bits per heavy atom. The zero-order chi connectivity index (χ0) is 26.9. The van der Waals surface area contributed by atoms with E-state index in [0.29, 0.717) is 24.3 Å². The van der Waals surface area contributed by atoms with Gasteiger partial charge >= 0.3 is 12.1 Å². The number of carboxylic acids is 1. The number of carboxylic acid groups (broad SMARTS) is 1. The van der Waals surface area contributed by atoms with Crippen molar-refractivity contribution in [3.8, 4) is 0 Å². The fourth-order valence-electron chi connectivity index (χ4n) is 3.10. The number of hydrogen-bond acceptors (Lipinski definition) is 7. The number of carbonyl (C=O) groups excluding carboxylic acids is 3. The summed E-state index contributed by atoms with van der Waals surface area (Å²) in [7, 11) is 0. The van der Waals surface area contributed by atoms with Crippen LogP contribution in [0.25, 0.3) is 0 Å². The Hall–Kier alpha value is -3.37. The third-order valence-electron chi connectivity index (χ3n) is 4.88. The van der Waals surface area contributed by atoms with Gasteiger partial charge in [-0.15, -0.1) is 11.8 Å². The molecule has 0 saturated carbocycles. The molecule has 5 N–H and O–H groups in total. The Balaban J connectivity index is 0.000000261. The summed E-state index contributed by atoms with van der Waals surface area (Å²) in [6.07, 6.45) is 0.290. The third kappa shape index (κ3) is 9.71. The average Bonchev–Trinajstić information content (AvgIpc) is 2.81. The van der Waals surface area contributed by atoms with E-state index in [1.165, 1.54) is 11.8 Å². The highest BCUT2D eigenvalue weighted by molar-refractivity contribution is 8.00. The van der Waals surface area contributed by atoms with Crippen LogP contribution in [0.1, 0.15) is 55.6 Å². The molecule has 9 nitrogen and oxygen atoms in total. The number of nitrogens with one attached hydrogen (secondary N) is 2. The summed E-state index contributed by atoms with van der Waals surface area (Å²) in [6.45, 7) is 7.62. The van der Waals surface area contributed by atoms with Crippen molar-refractivity contribution >= 4 is 41.2 Å². The third-order valence-corrected chi connectivity index (χ3v) is 5.96. The van der Waals surface area contributed by atoms with Crippen LogP contribution in [-0.4, -0.2) is 46.3 Å². The van der Waals surface area contributed by atoms with Crippen molar-refractivity contribution in [1.82, 2.24) is 5.32 Å². The van der Waals surface area contributed by atoms with Gasteiger partial charge in [-0.05, 0) is 50.5 Å². The van der Waals surface area contributed by atoms with Crippen molar-refractivity contribution in [3.63, 3.8) is 0 Å². The second-order valence-corrected chi connectivity index (χ2v) is 10.2. The summed E-state index contributed by atoms with van der Waals surface area (Å²) < 4.78 is 5.17. The van der Waals surface area contributed by atoms with E-state index in [2.05, 4.69) is 10.6 Å². The maximum Gasteiger partial charge on any atom is 0.407 e. The van der Waals surface area contributed by atoms with Crippen LogP contribution >= 0.6 is 11.8 Å². The number of benzene rings is 2. The molecule has 1 heterocycles. The van der Waals surface area contributed by atoms with Crippen molar-refractivity contribution in [2.75, 3.05) is 11.1 Å². The SMILES string of the molecule is CC(C)(C)OC(=O)NCc1ccc2c(c1)NC(=O)CS2.CCC(=O)c1ccc(C[C@H](N)C(=O)O)cc1. The van der Waals surface area contributed by atoms with Gasteiger partial charge in [0.25, 0.3) is 0 Å². The Kier molecular flexibility index (Phi) is 10.5. The van der Waals surface area contributed by atoms with Crippen molar-refractivity contribution in [2.24, 2.45) is 5.73 Å². The number of amides is 2. The van der Waals surface area contributed by atoms with Gasteiger partial charge in [0.15, 0.2) is 5.78 Å². The number of carbonyl (C=O) groups is 4. The van der Waals surface area contributed by atoms with Gasteiger partial charge in [-0.25, -0.2) is 4.79 Å². The molecule has 2 aromatic carbocycles. The molecule has 194 valence electrons. The molecule has 3 rings (SSSR count). The minimum Gasteiger partial charge on any atom is -0.480 e. The lowest BCUT2D eigenvalue weighted by Crippen LogP contribution is -2.32. The maximum absolute atomic E-state index is 11.6. The van der Waals surface area contributed by atoms with Gasteiger partial charge in [-0.3, -0.25) is 14.4 Å². The van der Waals surface area contributed by atoms with E-state index in [-0.39, 0.29) is 18.1 Å². The number of aliphatic carboxylic acids is 1. The molecule has 0 radical (unpaired) electrons. The van der Waals surface area contributed by atoms with Crippen LogP contribution in [0.3, 0.4) is 0 Å². The molecular formula is C26H33N3O6S. The minimum atomic E-state index is -1.02. The molecule has 10 heteroatoms. The Morgan fingerprint density at radius 2 is 1.78 bits per heavy atom. The number of thioether (sulfide) groups is 1. The average molecular weight is 516 g/mol. The van der Waals surface area contributed by atoms with E-state index in [9.17, 15) is 19.2 Å². The van der Waals surface area contributed by atoms with E-state index in [1.807, 2.05) is 39.0 Å². The first-order valence-corrected chi connectivity index (χ1v) is 12.5. The van der Waals surface area contributed by atoms with Crippen LogP contribution < -0.4 is 16.4 Å². The zero-order valence-corrected chi connectivity index (χ0v) is 21.7. The van der Waals surface area contributed by atoms with Gasteiger partial charge in [-0.2, -0.15) is 0 Å². The number of nitrogens with two attached hydrogens (primary N) is 1. The summed E-state index contributed by atoms with van der Waals surface area (Å²) in [5.74, 6) is -0.495. The van der Waals surface area contributed by atoms with Crippen LogP contribution in [0.15, 0.2) is 47.4 Å². The van der Waals surface area contributed by atoms with Gasteiger partial charge in [0.1, 0.15) is 11.6 Å². The van der Waals surface area contributed by atoms with E-state index >= 15 is 0 Å². The molecule has 0 saturated heterocycles. The first-order chi connectivity index (χ1) is 16.9. The number of alkyl carbamates (subject to hydrolysis) is 1. The maximum atomic E-state index is 11.6. The van der Waals surface area contributed by atoms with Gasteiger partial charge in [0, 0.05) is 23.4 Å². The molecule has 1 aliphatic rings. The van der Waals surface area contributed by atoms with Gasteiger partial charge in [0.05, 0.1) is 11.4 Å². The molecule has 0 spiro atoms. The number of ether oxygens (including phenoxy) is 1. The highest BCUT2D eigenvalue weighted by Gasteiger charge is 2.17. The molecular weight excluding hydrogens is 482 g/mol. The molecule has 0 aliphatic carbocycles. The fraction of sp³-hybridized carbons (Fsp3) is 0.385. The number of ketones is 1. The largest absolute Gasteiger partial charge is 0.480 e. The molecule has 0 aromatic heterocycles. The Morgan fingerprint density at radius 1 is 1.14 bits per heavy atom. The smallest absolute Gasteiger partial charge is 0.407 e. The predicted octanol–water partition coefficient (Wildman–Crippen LogP) is 3.99. The van der Waals surface area contributed by atoms with E-state index in [0.717, 1.165) is 21.7 Å². The lowest BCUT2D eigenvalue weighted by atomic mass is 10.0. The van der Waals surface area contributed by atoms with Crippen molar-refractivity contribution in [2.45, 2.75) is 63.6 Å². The number of anilines is 1. The molecule has 36 heavy (non-hydrogen) atoms. The lowest BCUT2D eigenvalue weighted by molar-refractivity contribution is -0.138. The Bertz CT molecular complexity index is 1100. The predicted molar refractivity (Wildman–Crippen MR) is 139 cm³/mol.